The molecule has 1 N–H and O–H groups in total. The van der Waals surface area contributed by atoms with Crippen LogP contribution in [0, 0.1) is 0 Å². The van der Waals surface area contributed by atoms with Crippen LogP contribution in [0.5, 0.6) is 5.75 Å². The van der Waals surface area contributed by atoms with Gasteiger partial charge in [-0.15, -0.1) is 6.58 Å². The zero-order valence-corrected chi connectivity index (χ0v) is 19.4. The third kappa shape index (κ3) is 6.24. The second kappa shape index (κ2) is 11.5. The molecule has 32 heavy (non-hydrogen) atoms. The van der Waals surface area contributed by atoms with Crippen LogP contribution >= 0.6 is 11.6 Å². The van der Waals surface area contributed by atoms with E-state index in [9.17, 15) is 18.0 Å². The standard InChI is InChI=1S/C22H25ClN2O6S/c1-4-12-24-21(26)15-31-22(27)19-14-18(10-11-20(19)23)32(28,29)25(13-5-2)16-6-8-17(30-3)9-7-16/h5-11,14H,2,4,12-13,15H2,1,3H3,(H,24,26). The Morgan fingerprint density at radius 2 is 1.88 bits per heavy atom. The molecule has 8 nitrogen and oxygen atoms in total. The lowest BCUT2D eigenvalue weighted by atomic mass is 10.2. The van der Waals surface area contributed by atoms with Crippen molar-refractivity contribution >= 4 is 39.2 Å². The lowest BCUT2D eigenvalue weighted by molar-refractivity contribution is -0.124. The first kappa shape index (κ1) is 25.2. The van der Waals surface area contributed by atoms with Gasteiger partial charge in [-0.05, 0) is 48.9 Å². The minimum atomic E-state index is -4.08. The van der Waals surface area contributed by atoms with Gasteiger partial charge in [-0.2, -0.15) is 0 Å². The molecule has 0 atom stereocenters. The second-order valence-corrected chi connectivity index (χ2v) is 8.86. The first-order chi connectivity index (χ1) is 15.2. The number of esters is 1. The first-order valence-corrected chi connectivity index (χ1v) is 11.6. The van der Waals surface area contributed by atoms with E-state index >= 15 is 0 Å². The van der Waals surface area contributed by atoms with Crippen molar-refractivity contribution in [3.05, 3.63) is 65.7 Å². The summed E-state index contributed by atoms with van der Waals surface area (Å²) < 4.78 is 37.9. The number of anilines is 1. The van der Waals surface area contributed by atoms with E-state index in [2.05, 4.69) is 11.9 Å². The number of rotatable bonds is 11. The fraction of sp³-hybridized carbons (Fsp3) is 0.273. The molecule has 0 aliphatic rings. The van der Waals surface area contributed by atoms with Gasteiger partial charge >= 0.3 is 5.97 Å². The average molecular weight is 481 g/mol. The number of amides is 1. The highest BCUT2D eigenvalue weighted by Crippen LogP contribution is 2.28. The fourth-order valence-corrected chi connectivity index (χ4v) is 4.34. The van der Waals surface area contributed by atoms with Gasteiger partial charge < -0.3 is 14.8 Å². The molecule has 0 aliphatic heterocycles. The lowest BCUT2D eigenvalue weighted by Crippen LogP contribution is -2.31. The number of methoxy groups -OCH3 is 1. The van der Waals surface area contributed by atoms with Gasteiger partial charge in [0.15, 0.2) is 6.61 Å². The number of carbonyl (C=O) groups excluding carboxylic acids is 2. The molecular weight excluding hydrogens is 456 g/mol. The average Bonchev–Trinajstić information content (AvgIpc) is 2.79. The van der Waals surface area contributed by atoms with E-state index in [4.69, 9.17) is 21.1 Å². The number of halogens is 1. The van der Waals surface area contributed by atoms with Gasteiger partial charge in [0, 0.05) is 6.54 Å². The number of nitrogens with zero attached hydrogens (tertiary/aromatic N) is 1. The van der Waals surface area contributed by atoms with Crippen LogP contribution in [0.25, 0.3) is 0 Å². The molecule has 0 bridgehead atoms. The SMILES string of the molecule is C=CCN(c1ccc(OC)cc1)S(=O)(=O)c1ccc(Cl)c(C(=O)OCC(=O)NCCC)c1. The predicted octanol–water partition coefficient (Wildman–Crippen LogP) is 3.41. The summed E-state index contributed by atoms with van der Waals surface area (Å²) in [5.41, 5.74) is 0.224. The summed E-state index contributed by atoms with van der Waals surface area (Å²) in [6.07, 6.45) is 2.18. The lowest BCUT2D eigenvalue weighted by Gasteiger charge is -2.23. The van der Waals surface area contributed by atoms with Crippen molar-refractivity contribution in [1.29, 1.82) is 0 Å². The van der Waals surface area contributed by atoms with Crippen molar-refractivity contribution in [2.24, 2.45) is 0 Å². The molecular formula is C22H25ClN2O6S. The van der Waals surface area contributed by atoms with E-state index in [1.807, 2.05) is 6.92 Å². The minimum absolute atomic E-state index is 0.00244. The van der Waals surface area contributed by atoms with Gasteiger partial charge in [0.1, 0.15) is 5.75 Å². The van der Waals surface area contributed by atoms with Gasteiger partial charge in [-0.3, -0.25) is 9.10 Å². The number of benzene rings is 2. The maximum atomic E-state index is 13.3. The molecule has 0 aliphatic carbocycles. The van der Waals surface area contributed by atoms with E-state index < -0.39 is 28.5 Å². The van der Waals surface area contributed by atoms with Crippen molar-refractivity contribution in [2.45, 2.75) is 18.2 Å². The summed E-state index contributed by atoms with van der Waals surface area (Å²) in [6, 6.07) is 10.2. The summed E-state index contributed by atoms with van der Waals surface area (Å²) in [5, 5.41) is 2.58. The molecule has 0 saturated heterocycles. The zero-order chi connectivity index (χ0) is 23.7. The Kier molecular flexibility index (Phi) is 9.10. The van der Waals surface area contributed by atoms with E-state index in [1.165, 1.54) is 25.3 Å². The molecule has 0 fully saturated rings. The van der Waals surface area contributed by atoms with Crippen molar-refractivity contribution in [3.8, 4) is 5.75 Å². The Labute approximate surface area is 192 Å². The minimum Gasteiger partial charge on any atom is -0.497 e. The van der Waals surface area contributed by atoms with Gasteiger partial charge in [-0.25, -0.2) is 13.2 Å². The van der Waals surface area contributed by atoms with Crippen molar-refractivity contribution < 1.29 is 27.5 Å². The van der Waals surface area contributed by atoms with Crippen molar-refractivity contribution in [2.75, 3.05) is 31.1 Å². The molecule has 2 rings (SSSR count). The van der Waals surface area contributed by atoms with Crippen LogP contribution in [-0.2, 0) is 19.6 Å². The Bertz CT molecular complexity index is 1070. The summed E-state index contributed by atoms with van der Waals surface area (Å²) in [4.78, 5) is 23.9. The van der Waals surface area contributed by atoms with Crippen LogP contribution in [0.2, 0.25) is 5.02 Å². The van der Waals surface area contributed by atoms with Gasteiger partial charge in [-0.1, -0.05) is 24.6 Å². The normalized spacial score (nSPS) is 10.8. The Hall–Kier alpha value is -3.04. The summed E-state index contributed by atoms with van der Waals surface area (Å²) in [7, 11) is -2.57. The molecule has 172 valence electrons. The highest BCUT2D eigenvalue weighted by atomic mass is 35.5. The molecule has 10 heteroatoms. The van der Waals surface area contributed by atoms with Crippen LogP contribution in [0.3, 0.4) is 0 Å². The van der Waals surface area contributed by atoms with E-state index in [1.54, 1.807) is 24.3 Å². The van der Waals surface area contributed by atoms with Crippen LogP contribution in [0.15, 0.2) is 60.0 Å². The van der Waals surface area contributed by atoms with E-state index in [0.717, 1.165) is 16.8 Å². The number of nitrogens with one attached hydrogen (secondary N) is 1. The molecule has 0 heterocycles. The highest BCUT2D eigenvalue weighted by molar-refractivity contribution is 7.92. The zero-order valence-electron chi connectivity index (χ0n) is 17.8. The fourth-order valence-electron chi connectivity index (χ4n) is 2.68. The number of ether oxygens (including phenoxy) is 2. The molecule has 0 saturated carbocycles. The third-order valence-corrected chi connectivity index (χ3v) is 6.43. The Morgan fingerprint density at radius 1 is 1.19 bits per heavy atom. The topological polar surface area (TPSA) is 102 Å². The maximum absolute atomic E-state index is 13.3. The molecule has 0 radical (unpaired) electrons. The quantitative estimate of drug-likeness (QED) is 0.390. The van der Waals surface area contributed by atoms with Crippen LogP contribution in [0.4, 0.5) is 5.69 Å². The van der Waals surface area contributed by atoms with E-state index in [0.29, 0.717) is 18.0 Å². The predicted molar refractivity (Wildman–Crippen MR) is 123 cm³/mol. The molecule has 0 unspecified atom stereocenters. The number of hydrogen-bond acceptors (Lipinski definition) is 6. The van der Waals surface area contributed by atoms with Crippen LogP contribution in [0.1, 0.15) is 23.7 Å². The molecule has 0 aromatic heterocycles. The smallest absolute Gasteiger partial charge is 0.340 e. The molecule has 2 aromatic rings. The van der Waals surface area contributed by atoms with Crippen molar-refractivity contribution in [1.82, 2.24) is 5.32 Å². The van der Waals surface area contributed by atoms with Crippen molar-refractivity contribution in [3.63, 3.8) is 0 Å². The van der Waals surface area contributed by atoms with Gasteiger partial charge in [0.25, 0.3) is 15.9 Å². The van der Waals surface area contributed by atoms with E-state index in [-0.39, 0.29) is 22.0 Å². The monoisotopic (exact) mass is 480 g/mol. The number of hydrogen-bond donors (Lipinski definition) is 1. The van der Waals surface area contributed by atoms with Gasteiger partial charge in [0.05, 0.1) is 34.8 Å². The molecule has 0 spiro atoms. The molecule has 1 amide bonds. The Morgan fingerprint density at radius 3 is 2.47 bits per heavy atom. The highest BCUT2D eigenvalue weighted by Gasteiger charge is 2.26. The summed E-state index contributed by atoms with van der Waals surface area (Å²) >= 11 is 6.09. The third-order valence-electron chi connectivity index (χ3n) is 4.31. The van der Waals surface area contributed by atoms with Gasteiger partial charge in [0.2, 0.25) is 0 Å². The molecule has 2 aromatic carbocycles. The first-order valence-electron chi connectivity index (χ1n) is 9.75. The largest absolute Gasteiger partial charge is 0.497 e. The summed E-state index contributed by atoms with van der Waals surface area (Å²) in [6.45, 7) is 5.46. The number of carbonyl (C=O) groups is 2. The second-order valence-electron chi connectivity index (χ2n) is 6.59. The van der Waals surface area contributed by atoms with Crippen LogP contribution < -0.4 is 14.4 Å². The summed E-state index contributed by atoms with van der Waals surface area (Å²) in [5.74, 6) is -0.792. The maximum Gasteiger partial charge on any atom is 0.340 e. The van der Waals surface area contributed by atoms with Crippen LogP contribution in [-0.4, -0.2) is 47.1 Å². The Balaban J connectivity index is 2.32. The number of sulfonamides is 1.